The van der Waals surface area contributed by atoms with Crippen LogP contribution in [0.25, 0.3) is 11.5 Å². The molecular formula is C17H16N6O3. The molecule has 0 radical (unpaired) electrons. The number of amides is 2. The summed E-state index contributed by atoms with van der Waals surface area (Å²) in [5, 5.41) is 12.3. The minimum absolute atomic E-state index is 0.0266. The van der Waals surface area contributed by atoms with Gasteiger partial charge in [-0.15, -0.1) is 0 Å². The molecule has 4 rings (SSSR count). The van der Waals surface area contributed by atoms with Gasteiger partial charge in [0, 0.05) is 19.2 Å². The van der Waals surface area contributed by atoms with Crippen molar-refractivity contribution in [3.8, 4) is 11.5 Å². The summed E-state index contributed by atoms with van der Waals surface area (Å²) in [6, 6.07) is 8.66. The van der Waals surface area contributed by atoms with E-state index in [0.717, 1.165) is 0 Å². The van der Waals surface area contributed by atoms with Crippen LogP contribution < -0.4 is 15.5 Å². The SMILES string of the molecule is O=C1CN(c2ccc(NC(=O)c3cc(-c4ccco4)[nH]n3)cn2)CCN1. The Morgan fingerprint density at radius 1 is 1.31 bits per heavy atom. The molecule has 0 bridgehead atoms. The molecule has 3 N–H and O–H groups in total. The first kappa shape index (κ1) is 15.9. The lowest BCUT2D eigenvalue weighted by atomic mass is 10.3. The van der Waals surface area contributed by atoms with E-state index in [9.17, 15) is 9.59 Å². The predicted molar refractivity (Wildman–Crippen MR) is 93.7 cm³/mol. The quantitative estimate of drug-likeness (QED) is 0.651. The van der Waals surface area contributed by atoms with Gasteiger partial charge < -0.3 is 20.0 Å². The second-order valence-corrected chi connectivity index (χ2v) is 5.77. The van der Waals surface area contributed by atoms with E-state index in [1.807, 2.05) is 4.90 Å². The summed E-state index contributed by atoms with van der Waals surface area (Å²) in [4.78, 5) is 30.0. The molecule has 0 aromatic carbocycles. The number of anilines is 2. The number of pyridine rings is 1. The molecule has 26 heavy (non-hydrogen) atoms. The fourth-order valence-corrected chi connectivity index (χ4v) is 2.67. The molecule has 1 aliphatic heterocycles. The van der Waals surface area contributed by atoms with Crippen LogP contribution in [0.2, 0.25) is 0 Å². The highest BCUT2D eigenvalue weighted by Gasteiger charge is 2.18. The third-order valence-electron chi connectivity index (χ3n) is 3.97. The highest BCUT2D eigenvalue weighted by atomic mass is 16.3. The average Bonchev–Trinajstić information content (AvgIpc) is 3.34. The Kier molecular flexibility index (Phi) is 4.10. The van der Waals surface area contributed by atoms with Gasteiger partial charge in [-0.25, -0.2) is 4.98 Å². The number of nitrogens with one attached hydrogen (secondary N) is 3. The van der Waals surface area contributed by atoms with Crippen molar-refractivity contribution in [2.75, 3.05) is 29.9 Å². The average molecular weight is 352 g/mol. The molecule has 0 atom stereocenters. The molecule has 0 aliphatic carbocycles. The van der Waals surface area contributed by atoms with Crippen molar-refractivity contribution in [2.45, 2.75) is 0 Å². The van der Waals surface area contributed by atoms with Gasteiger partial charge in [-0.2, -0.15) is 5.10 Å². The van der Waals surface area contributed by atoms with Crippen LogP contribution in [0.3, 0.4) is 0 Å². The maximum atomic E-state index is 12.3. The highest BCUT2D eigenvalue weighted by Crippen LogP contribution is 2.19. The Bertz CT molecular complexity index is 916. The summed E-state index contributed by atoms with van der Waals surface area (Å²) in [5.41, 5.74) is 1.41. The van der Waals surface area contributed by atoms with Gasteiger partial charge in [0.15, 0.2) is 11.5 Å². The van der Waals surface area contributed by atoms with Gasteiger partial charge >= 0.3 is 0 Å². The number of carbonyl (C=O) groups excluding carboxylic acids is 2. The number of hydrogen-bond acceptors (Lipinski definition) is 6. The van der Waals surface area contributed by atoms with Gasteiger partial charge in [0.2, 0.25) is 5.91 Å². The zero-order valence-corrected chi connectivity index (χ0v) is 13.7. The maximum Gasteiger partial charge on any atom is 0.276 e. The van der Waals surface area contributed by atoms with Crippen molar-refractivity contribution in [1.29, 1.82) is 0 Å². The molecule has 4 heterocycles. The molecule has 0 spiro atoms. The minimum atomic E-state index is -0.356. The number of aromatic amines is 1. The number of piperazine rings is 1. The van der Waals surface area contributed by atoms with E-state index >= 15 is 0 Å². The van der Waals surface area contributed by atoms with Crippen molar-refractivity contribution >= 4 is 23.3 Å². The Hall–Kier alpha value is -3.62. The van der Waals surface area contributed by atoms with Gasteiger partial charge in [-0.05, 0) is 24.3 Å². The maximum absolute atomic E-state index is 12.3. The zero-order chi connectivity index (χ0) is 17.9. The summed E-state index contributed by atoms with van der Waals surface area (Å²) in [5.74, 6) is 0.915. The molecule has 1 aliphatic rings. The molecule has 132 valence electrons. The predicted octanol–water partition coefficient (Wildman–Crippen LogP) is 1.25. The van der Waals surface area contributed by atoms with Crippen LogP contribution in [0, 0.1) is 0 Å². The zero-order valence-electron chi connectivity index (χ0n) is 13.7. The van der Waals surface area contributed by atoms with Crippen LogP contribution in [0.5, 0.6) is 0 Å². The summed E-state index contributed by atoms with van der Waals surface area (Å²) < 4.78 is 5.26. The Labute approximate surface area is 148 Å². The molecule has 2 amide bonds. The van der Waals surface area contributed by atoms with Crippen LogP contribution >= 0.6 is 0 Å². The lowest BCUT2D eigenvalue weighted by Crippen LogP contribution is -2.48. The number of hydrogen-bond donors (Lipinski definition) is 3. The lowest BCUT2D eigenvalue weighted by Gasteiger charge is -2.27. The number of rotatable bonds is 4. The lowest BCUT2D eigenvalue weighted by molar-refractivity contribution is -0.120. The smallest absolute Gasteiger partial charge is 0.276 e. The molecule has 9 nitrogen and oxygen atoms in total. The Morgan fingerprint density at radius 2 is 2.23 bits per heavy atom. The van der Waals surface area contributed by atoms with Crippen molar-refractivity contribution in [1.82, 2.24) is 20.5 Å². The molecular weight excluding hydrogens is 336 g/mol. The van der Waals surface area contributed by atoms with E-state index in [4.69, 9.17) is 4.42 Å². The number of H-pyrrole nitrogens is 1. The molecule has 3 aromatic rings. The van der Waals surface area contributed by atoms with Crippen molar-refractivity contribution < 1.29 is 14.0 Å². The molecule has 1 fully saturated rings. The van der Waals surface area contributed by atoms with E-state index in [1.165, 1.54) is 0 Å². The van der Waals surface area contributed by atoms with Gasteiger partial charge in [-0.3, -0.25) is 14.7 Å². The first-order chi connectivity index (χ1) is 12.7. The highest BCUT2D eigenvalue weighted by molar-refractivity contribution is 6.03. The van der Waals surface area contributed by atoms with E-state index < -0.39 is 0 Å². The van der Waals surface area contributed by atoms with Gasteiger partial charge in [-0.1, -0.05) is 0 Å². The number of nitrogens with zero attached hydrogens (tertiary/aromatic N) is 3. The summed E-state index contributed by atoms with van der Waals surface area (Å²) in [7, 11) is 0. The first-order valence-electron chi connectivity index (χ1n) is 8.07. The standard InChI is InChI=1S/C17H16N6O3/c24-16-10-23(6-5-18-16)15-4-3-11(9-19-15)20-17(25)13-8-12(21-22-13)14-2-1-7-26-14/h1-4,7-9H,5-6,10H2,(H,18,24)(H,20,25)(H,21,22). The normalized spacial score (nSPS) is 14.2. The second kappa shape index (κ2) is 6.71. The van der Waals surface area contributed by atoms with Crippen LogP contribution in [0.4, 0.5) is 11.5 Å². The Balaban J connectivity index is 1.42. The largest absolute Gasteiger partial charge is 0.463 e. The molecule has 9 heteroatoms. The molecule has 3 aromatic heterocycles. The van der Waals surface area contributed by atoms with Crippen LogP contribution in [0.15, 0.2) is 47.2 Å². The topological polar surface area (TPSA) is 116 Å². The van der Waals surface area contributed by atoms with Gasteiger partial charge in [0.1, 0.15) is 11.5 Å². The third-order valence-corrected chi connectivity index (χ3v) is 3.97. The van der Waals surface area contributed by atoms with Crippen molar-refractivity contribution in [2.24, 2.45) is 0 Å². The van der Waals surface area contributed by atoms with E-state index in [2.05, 4.69) is 25.8 Å². The van der Waals surface area contributed by atoms with Crippen molar-refractivity contribution in [3.63, 3.8) is 0 Å². The number of carbonyl (C=O) groups is 2. The first-order valence-corrected chi connectivity index (χ1v) is 8.07. The fraction of sp³-hybridized carbons (Fsp3) is 0.176. The van der Waals surface area contributed by atoms with Crippen LogP contribution in [-0.2, 0) is 4.79 Å². The summed E-state index contributed by atoms with van der Waals surface area (Å²) in [6.45, 7) is 1.57. The number of furan rings is 1. The van der Waals surface area contributed by atoms with E-state index in [0.29, 0.717) is 36.0 Å². The fourth-order valence-electron chi connectivity index (χ4n) is 2.67. The van der Waals surface area contributed by atoms with Gasteiger partial charge in [0.05, 0.1) is 24.7 Å². The minimum Gasteiger partial charge on any atom is -0.463 e. The van der Waals surface area contributed by atoms with Gasteiger partial charge in [0.25, 0.3) is 5.91 Å². The van der Waals surface area contributed by atoms with Crippen molar-refractivity contribution in [3.05, 3.63) is 48.5 Å². The second-order valence-electron chi connectivity index (χ2n) is 5.77. The summed E-state index contributed by atoms with van der Waals surface area (Å²) >= 11 is 0. The van der Waals surface area contributed by atoms with Crippen LogP contribution in [-0.4, -0.2) is 46.6 Å². The Morgan fingerprint density at radius 3 is 2.96 bits per heavy atom. The molecule has 0 unspecified atom stereocenters. The molecule has 1 saturated heterocycles. The number of aromatic nitrogens is 3. The monoisotopic (exact) mass is 352 g/mol. The molecule has 0 saturated carbocycles. The third kappa shape index (κ3) is 3.27. The van der Waals surface area contributed by atoms with E-state index in [-0.39, 0.29) is 24.1 Å². The van der Waals surface area contributed by atoms with Crippen LogP contribution in [0.1, 0.15) is 10.5 Å². The van der Waals surface area contributed by atoms with E-state index in [1.54, 1.807) is 42.8 Å². The summed E-state index contributed by atoms with van der Waals surface area (Å²) in [6.07, 6.45) is 3.11.